The van der Waals surface area contributed by atoms with Gasteiger partial charge in [-0.15, -0.1) is 0 Å². The lowest BCUT2D eigenvalue weighted by molar-refractivity contribution is 0.0773. The number of methoxy groups -OCH3 is 1. The number of benzene rings is 1. The molecule has 9 nitrogen and oxygen atoms in total. The average molecular weight is 435 g/mol. The fourth-order valence-corrected chi connectivity index (χ4v) is 5.58. The first-order chi connectivity index (χ1) is 14.3. The van der Waals surface area contributed by atoms with Crippen LogP contribution in [0.5, 0.6) is 5.75 Å². The Kier molecular flexibility index (Phi) is 5.31. The Bertz CT molecular complexity index is 1050. The van der Waals surface area contributed by atoms with Crippen molar-refractivity contribution in [2.24, 2.45) is 5.92 Å². The van der Waals surface area contributed by atoms with Gasteiger partial charge < -0.3 is 14.2 Å². The number of sulfonamides is 1. The SMILES string of the molecule is CCS(=O)(=O)N[C@@H]1C[C@H]2CN(C(=O)c3cccc(OC)c3)C[C@@]2(c2nc(C)no2)C1. The van der Waals surface area contributed by atoms with Gasteiger partial charge >= 0.3 is 0 Å². The molecule has 2 aliphatic rings. The number of rotatable bonds is 6. The molecule has 1 saturated carbocycles. The van der Waals surface area contributed by atoms with Crippen LogP contribution < -0.4 is 9.46 Å². The normalized spacial score (nSPS) is 26.0. The van der Waals surface area contributed by atoms with Crippen molar-refractivity contribution in [3.63, 3.8) is 0 Å². The Morgan fingerprint density at radius 2 is 2.23 bits per heavy atom. The highest BCUT2D eigenvalue weighted by molar-refractivity contribution is 7.89. The highest BCUT2D eigenvalue weighted by Gasteiger charge is 2.58. The number of amides is 1. The van der Waals surface area contributed by atoms with Crippen LogP contribution in [-0.2, 0) is 15.4 Å². The minimum atomic E-state index is -3.33. The van der Waals surface area contributed by atoms with Gasteiger partial charge in [0.25, 0.3) is 5.91 Å². The summed E-state index contributed by atoms with van der Waals surface area (Å²) in [5.74, 6) is 1.58. The van der Waals surface area contributed by atoms with Crippen molar-refractivity contribution >= 4 is 15.9 Å². The summed E-state index contributed by atoms with van der Waals surface area (Å²) in [6.07, 6.45) is 1.13. The third-order valence-corrected chi connectivity index (χ3v) is 7.61. The van der Waals surface area contributed by atoms with Crippen LogP contribution in [-0.4, -0.2) is 61.4 Å². The first kappa shape index (κ1) is 20.8. The number of aromatic nitrogens is 2. The van der Waals surface area contributed by atoms with E-state index >= 15 is 0 Å². The predicted octanol–water partition coefficient (Wildman–Crippen LogP) is 1.50. The predicted molar refractivity (Wildman–Crippen MR) is 109 cm³/mol. The second-order valence-electron chi connectivity index (χ2n) is 8.08. The number of likely N-dealkylation sites (tertiary alicyclic amines) is 1. The van der Waals surface area contributed by atoms with Gasteiger partial charge in [0.15, 0.2) is 5.82 Å². The number of fused-ring (bicyclic) bond motifs is 1. The Balaban J connectivity index is 1.61. The molecule has 162 valence electrons. The van der Waals surface area contributed by atoms with Gasteiger partial charge in [-0.05, 0) is 50.8 Å². The largest absolute Gasteiger partial charge is 0.497 e. The highest BCUT2D eigenvalue weighted by atomic mass is 32.2. The second kappa shape index (κ2) is 7.66. The van der Waals surface area contributed by atoms with Crippen molar-refractivity contribution in [3.05, 3.63) is 41.5 Å². The van der Waals surface area contributed by atoms with E-state index in [0.29, 0.717) is 49.0 Å². The van der Waals surface area contributed by atoms with Gasteiger partial charge in [0.1, 0.15) is 5.75 Å². The van der Waals surface area contributed by atoms with Gasteiger partial charge in [-0.3, -0.25) is 4.79 Å². The Morgan fingerprint density at radius 3 is 2.90 bits per heavy atom. The molecule has 0 unspecified atom stereocenters. The summed E-state index contributed by atoms with van der Waals surface area (Å²) in [4.78, 5) is 19.4. The molecule has 2 heterocycles. The molecule has 30 heavy (non-hydrogen) atoms. The Labute approximate surface area is 175 Å². The number of nitrogens with one attached hydrogen (secondary N) is 1. The van der Waals surface area contributed by atoms with Gasteiger partial charge in [-0.25, -0.2) is 13.1 Å². The fourth-order valence-electron chi connectivity index (χ4n) is 4.72. The Morgan fingerprint density at radius 1 is 1.43 bits per heavy atom. The van der Waals surface area contributed by atoms with E-state index < -0.39 is 15.4 Å². The minimum absolute atomic E-state index is 0.0245. The minimum Gasteiger partial charge on any atom is -0.497 e. The summed E-state index contributed by atoms with van der Waals surface area (Å²) in [5, 5.41) is 3.94. The van der Waals surface area contributed by atoms with Gasteiger partial charge in [0.05, 0.1) is 18.3 Å². The fraction of sp³-hybridized carbons (Fsp3) is 0.550. The summed E-state index contributed by atoms with van der Waals surface area (Å²) in [6, 6.07) is 6.85. The molecule has 1 N–H and O–H groups in total. The molecule has 2 fully saturated rings. The van der Waals surface area contributed by atoms with Crippen LogP contribution in [0.4, 0.5) is 0 Å². The number of aryl methyl sites for hydroxylation is 1. The number of carbonyl (C=O) groups is 1. The maximum Gasteiger partial charge on any atom is 0.254 e. The van der Waals surface area contributed by atoms with Crippen LogP contribution in [0.3, 0.4) is 0 Å². The van der Waals surface area contributed by atoms with Crippen LogP contribution in [0.1, 0.15) is 41.8 Å². The van der Waals surface area contributed by atoms with Gasteiger partial charge in [-0.2, -0.15) is 4.98 Å². The molecule has 0 radical (unpaired) electrons. The van der Waals surface area contributed by atoms with Crippen LogP contribution in [0.15, 0.2) is 28.8 Å². The van der Waals surface area contributed by atoms with Crippen molar-refractivity contribution < 1.29 is 22.5 Å². The molecule has 1 amide bonds. The first-order valence-corrected chi connectivity index (χ1v) is 11.7. The van der Waals surface area contributed by atoms with Crippen LogP contribution >= 0.6 is 0 Å². The van der Waals surface area contributed by atoms with E-state index in [0.717, 1.165) is 0 Å². The summed E-state index contributed by atoms with van der Waals surface area (Å²) < 4.78 is 37.8. The standard InChI is InChI=1S/C20H26N4O5S/c1-4-30(26,27)23-16-9-15-11-24(18(25)14-6-5-7-17(8-14)28-3)12-20(15,10-16)19-21-13(2)22-29-19/h5-8,15-16,23H,4,9-12H2,1-3H3/t15-,16+,20-/m0/s1. The summed E-state index contributed by atoms with van der Waals surface area (Å²) in [5.41, 5.74) is -0.00843. The smallest absolute Gasteiger partial charge is 0.254 e. The lowest BCUT2D eigenvalue weighted by Gasteiger charge is -2.25. The molecule has 4 rings (SSSR count). The van der Waals surface area contributed by atoms with E-state index in [9.17, 15) is 13.2 Å². The Hall–Kier alpha value is -2.46. The molecule has 2 aromatic rings. The van der Waals surface area contributed by atoms with E-state index in [-0.39, 0.29) is 23.6 Å². The topological polar surface area (TPSA) is 115 Å². The van der Waals surface area contributed by atoms with E-state index in [2.05, 4.69) is 14.9 Å². The maximum absolute atomic E-state index is 13.2. The number of ether oxygens (including phenoxy) is 1. The molecular weight excluding hydrogens is 408 g/mol. The second-order valence-corrected chi connectivity index (χ2v) is 10.1. The molecule has 0 spiro atoms. The molecule has 1 aromatic heterocycles. The van der Waals surface area contributed by atoms with Crippen molar-refractivity contribution in [2.75, 3.05) is 26.0 Å². The van der Waals surface area contributed by atoms with E-state index in [1.807, 2.05) is 0 Å². The van der Waals surface area contributed by atoms with Gasteiger partial charge in [0, 0.05) is 24.7 Å². The molecule has 10 heteroatoms. The molecule has 1 saturated heterocycles. The van der Waals surface area contributed by atoms with E-state index in [1.54, 1.807) is 50.1 Å². The molecule has 1 aromatic carbocycles. The number of nitrogens with zero attached hydrogens (tertiary/aromatic N) is 3. The van der Waals surface area contributed by atoms with Crippen molar-refractivity contribution in [1.29, 1.82) is 0 Å². The molecule has 1 aliphatic heterocycles. The number of hydrogen-bond donors (Lipinski definition) is 1. The monoisotopic (exact) mass is 434 g/mol. The van der Waals surface area contributed by atoms with E-state index in [1.165, 1.54) is 0 Å². The van der Waals surface area contributed by atoms with Gasteiger partial charge in [-0.1, -0.05) is 11.2 Å². The summed E-state index contributed by atoms with van der Waals surface area (Å²) >= 11 is 0. The van der Waals surface area contributed by atoms with Crippen molar-refractivity contribution in [3.8, 4) is 5.75 Å². The third-order valence-electron chi connectivity index (χ3n) is 6.16. The zero-order valence-electron chi connectivity index (χ0n) is 17.3. The van der Waals surface area contributed by atoms with Crippen LogP contribution in [0.25, 0.3) is 0 Å². The van der Waals surface area contributed by atoms with Crippen LogP contribution in [0, 0.1) is 12.8 Å². The lowest BCUT2D eigenvalue weighted by Crippen LogP contribution is -2.39. The van der Waals surface area contributed by atoms with E-state index in [4.69, 9.17) is 9.26 Å². The quantitative estimate of drug-likeness (QED) is 0.733. The molecular formula is C20H26N4O5S. The van der Waals surface area contributed by atoms with Gasteiger partial charge in [0.2, 0.25) is 15.9 Å². The van der Waals surface area contributed by atoms with Crippen LogP contribution in [0.2, 0.25) is 0 Å². The molecule has 3 atom stereocenters. The summed E-state index contributed by atoms with van der Waals surface area (Å²) in [6.45, 7) is 4.27. The average Bonchev–Trinajstić information content (AvgIpc) is 3.39. The molecule has 0 bridgehead atoms. The highest BCUT2D eigenvalue weighted by Crippen LogP contribution is 2.50. The maximum atomic E-state index is 13.2. The van der Waals surface area contributed by atoms with Crippen molar-refractivity contribution in [1.82, 2.24) is 19.8 Å². The number of hydrogen-bond acceptors (Lipinski definition) is 7. The zero-order valence-corrected chi connectivity index (χ0v) is 18.1. The summed E-state index contributed by atoms with van der Waals surface area (Å²) in [7, 11) is -1.77. The lowest BCUT2D eigenvalue weighted by atomic mass is 9.80. The first-order valence-electron chi connectivity index (χ1n) is 10.0. The molecule has 1 aliphatic carbocycles. The van der Waals surface area contributed by atoms with Crippen molar-refractivity contribution in [2.45, 2.75) is 38.1 Å². The zero-order chi connectivity index (χ0) is 21.5. The third kappa shape index (κ3) is 3.69. The number of carbonyl (C=O) groups excluding carboxylic acids is 1.